The number of nitrogens with one attached hydrogen (secondary N) is 2. The monoisotopic (exact) mass is 294 g/mol. The van der Waals surface area contributed by atoms with E-state index in [2.05, 4.69) is 27.5 Å². The first kappa shape index (κ1) is 14.5. The molecule has 4 nitrogen and oxygen atoms in total. The standard InChI is InChI=1S/C14H16ClFN4/c1-3-7-17-14-18-8-9(2)13(20-14)19-11-6-4-5-10(15)12(11)16/h4-6,8H,3,7H2,1-2H3,(H2,17,18,19,20). The van der Waals surface area contributed by atoms with Crippen molar-refractivity contribution in [2.45, 2.75) is 20.3 Å². The number of rotatable bonds is 5. The number of hydrogen-bond donors (Lipinski definition) is 2. The largest absolute Gasteiger partial charge is 0.354 e. The number of aromatic nitrogens is 2. The second kappa shape index (κ2) is 6.52. The molecule has 0 aliphatic carbocycles. The van der Waals surface area contributed by atoms with Crippen LogP contribution in [-0.4, -0.2) is 16.5 Å². The van der Waals surface area contributed by atoms with Crippen LogP contribution in [0.1, 0.15) is 18.9 Å². The molecule has 0 aliphatic heterocycles. The number of aryl methyl sites for hydroxylation is 1. The molecule has 1 aromatic carbocycles. The van der Waals surface area contributed by atoms with Crippen LogP contribution in [0.2, 0.25) is 5.02 Å². The van der Waals surface area contributed by atoms with Gasteiger partial charge in [0.15, 0.2) is 5.82 Å². The maximum atomic E-state index is 13.9. The van der Waals surface area contributed by atoms with E-state index in [9.17, 15) is 4.39 Å². The first-order valence-corrected chi connectivity index (χ1v) is 6.78. The van der Waals surface area contributed by atoms with Crippen LogP contribution in [-0.2, 0) is 0 Å². The van der Waals surface area contributed by atoms with E-state index in [-0.39, 0.29) is 5.02 Å². The molecule has 2 N–H and O–H groups in total. The third-order valence-corrected chi connectivity index (χ3v) is 3.00. The van der Waals surface area contributed by atoms with Crippen LogP contribution >= 0.6 is 11.6 Å². The Morgan fingerprint density at radius 2 is 2.15 bits per heavy atom. The summed E-state index contributed by atoms with van der Waals surface area (Å²) in [6.45, 7) is 4.70. The molecule has 106 valence electrons. The quantitative estimate of drug-likeness (QED) is 0.870. The normalized spacial score (nSPS) is 10.4. The van der Waals surface area contributed by atoms with E-state index in [1.807, 2.05) is 6.92 Å². The van der Waals surface area contributed by atoms with Crippen LogP contribution < -0.4 is 10.6 Å². The zero-order valence-electron chi connectivity index (χ0n) is 11.4. The van der Waals surface area contributed by atoms with Crippen LogP contribution in [0.3, 0.4) is 0 Å². The van der Waals surface area contributed by atoms with Crippen molar-refractivity contribution in [3.63, 3.8) is 0 Å². The summed E-state index contributed by atoms with van der Waals surface area (Å²) < 4.78 is 13.9. The Morgan fingerprint density at radius 1 is 1.35 bits per heavy atom. The molecule has 0 saturated carbocycles. The van der Waals surface area contributed by atoms with E-state index >= 15 is 0 Å². The summed E-state index contributed by atoms with van der Waals surface area (Å²) in [5, 5.41) is 6.11. The van der Waals surface area contributed by atoms with Crippen LogP contribution in [0.4, 0.5) is 21.8 Å². The summed E-state index contributed by atoms with van der Waals surface area (Å²) in [5.41, 5.74) is 1.12. The molecule has 0 radical (unpaired) electrons. The maximum absolute atomic E-state index is 13.9. The molecule has 6 heteroatoms. The van der Waals surface area contributed by atoms with Crippen molar-refractivity contribution in [3.8, 4) is 0 Å². The highest BCUT2D eigenvalue weighted by atomic mass is 35.5. The molecule has 2 rings (SSSR count). The molecule has 0 saturated heterocycles. The minimum absolute atomic E-state index is 0.0750. The Balaban J connectivity index is 2.26. The Kier molecular flexibility index (Phi) is 4.74. The first-order chi connectivity index (χ1) is 9.61. The topological polar surface area (TPSA) is 49.8 Å². The van der Waals surface area contributed by atoms with Gasteiger partial charge in [0, 0.05) is 18.3 Å². The average molecular weight is 295 g/mol. The molecule has 0 unspecified atom stereocenters. The summed E-state index contributed by atoms with van der Waals surface area (Å²) in [6.07, 6.45) is 2.67. The van der Waals surface area contributed by atoms with Gasteiger partial charge in [0.2, 0.25) is 5.95 Å². The number of anilines is 3. The molecular weight excluding hydrogens is 279 g/mol. The third-order valence-electron chi connectivity index (χ3n) is 2.71. The van der Waals surface area contributed by atoms with Crippen LogP contribution in [0.15, 0.2) is 24.4 Å². The van der Waals surface area contributed by atoms with Crippen molar-refractivity contribution >= 4 is 29.1 Å². The summed E-state index contributed by atoms with van der Waals surface area (Å²) in [7, 11) is 0. The van der Waals surface area contributed by atoms with Crippen molar-refractivity contribution < 1.29 is 4.39 Å². The Bertz CT molecular complexity index is 604. The molecule has 2 aromatic rings. The van der Waals surface area contributed by atoms with Crippen molar-refractivity contribution in [2.24, 2.45) is 0 Å². The average Bonchev–Trinajstić information content (AvgIpc) is 2.44. The Labute approximate surface area is 122 Å². The minimum atomic E-state index is -0.491. The predicted molar refractivity (Wildman–Crippen MR) is 80.2 cm³/mol. The summed E-state index contributed by atoms with van der Waals surface area (Å²) >= 11 is 5.76. The number of hydrogen-bond acceptors (Lipinski definition) is 4. The molecule has 0 atom stereocenters. The molecule has 0 bridgehead atoms. The van der Waals surface area contributed by atoms with Crippen LogP contribution in [0, 0.1) is 12.7 Å². The summed E-state index contributed by atoms with van der Waals surface area (Å²) in [4.78, 5) is 8.51. The molecule has 0 amide bonds. The lowest BCUT2D eigenvalue weighted by molar-refractivity contribution is 0.632. The van der Waals surface area contributed by atoms with Gasteiger partial charge in [0.05, 0.1) is 10.7 Å². The first-order valence-electron chi connectivity index (χ1n) is 6.40. The molecule has 0 fully saturated rings. The highest BCUT2D eigenvalue weighted by Crippen LogP contribution is 2.26. The van der Waals surface area contributed by atoms with Gasteiger partial charge in [-0.2, -0.15) is 4.98 Å². The van der Waals surface area contributed by atoms with Gasteiger partial charge < -0.3 is 10.6 Å². The zero-order chi connectivity index (χ0) is 14.5. The fourth-order valence-corrected chi connectivity index (χ4v) is 1.79. The van der Waals surface area contributed by atoms with Gasteiger partial charge in [-0.1, -0.05) is 24.6 Å². The second-order valence-electron chi connectivity index (χ2n) is 4.38. The van der Waals surface area contributed by atoms with E-state index in [1.165, 1.54) is 6.07 Å². The predicted octanol–water partition coefficient (Wildman–Crippen LogP) is 4.14. The molecular formula is C14H16ClFN4. The third kappa shape index (κ3) is 3.36. The van der Waals surface area contributed by atoms with E-state index in [4.69, 9.17) is 11.6 Å². The lowest BCUT2D eigenvalue weighted by Crippen LogP contribution is -2.07. The van der Waals surface area contributed by atoms with E-state index in [0.717, 1.165) is 18.5 Å². The molecule has 0 aliphatic rings. The van der Waals surface area contributed by atoms with Gasteiger partial charge in [0.1, 0.15) is 5.82 Å². The highest BCUT2D eigenvalue weighted by Gasteiger charge is 2.09. The molecule has 20 heavy (non-hydrogen) atoms. The number of halogens is 2. The lowest BCUT2D eigenvalue weighted by atomic mass is 10.3. The van der Waals surface area contributed by atoms with Gasteiger partial charge in [-0.05, 0) is 25.5 Å². The minimum Gasteiger partial charge on any atom is -0.354 e. The Morgan fingerprint density at radius 3 is 2.90 bits per heavy atom. The van der Waals surface area contributed by atoms with Gasteiger partial charge in [-0.3, -0.25) is 0 Å². The van der Waals surface area contributed by atoms with Gasteiger partial charge >= 0.3 is 0 Å². The second-order valence-corrected chi connectivity index (χ2v) is 4.79. The fourth-order valence-electron chi connectivity index (χ4n) is 1.62. The summed E-state index contributed by atoms with van der Waals surface area (Å²) in [5.74, 6) is 0.581. The Hall–Kier alpha value is -1.88. The lowest BCUT2D eigenvalue weighted by Gasteiger charge is -2.11. The van der Waals surface area contributed by atoms with Crippen LogP contribution in [0.25, 0.3) is 0 Å². The van der Waals surface area contributed by atoms with Crippen LogP contribution in [0.5, 0.6) is 0 Å². The van der Waals surface area contributed by atoms with Crippen molar-refractivity contribution in [1.29, 1.82) is 0 Å². The van der Waals surface area contributed by atoms with Gasteiger partial charge in [-0.25, -0.2) is 9.37 Å². The van der Waals surface area contributed by atoms with Crippen molar-refractivity contribution in [2.75, 3.05) is 17.2 Å². The highest BCUT2D eigenvalue weighted by molar-refractivity contribution is 6.31. The molecule has 1 heterocycles. The van der Waals surface area contributed by atoms with Crippen molar-refractivity contribution in [1.82, 2.24) is 9.97 Å². The SMILES string of the molecule is CCCNc1ncc(C)c(Nc2cccc(Cl)c2F)n1. The number of benzene rings is 1. The molecule has 1 aromatic heterocycles. The van der Waals surface area contributed by atoms with Gasteiger partial charge in [0.25, 0.3) is 0 Å². The summed E-state index contributed by atoms with van der Waals surface area (Å²) in [6, 6.07) is 4.80. The smallest absolute Gasteiger partial charge is 0.224 e. The van der Waals surface area contributed by atoms with Crippen molar-refractivity contribution in [3.05, 3.63) is 40.8 Å². The van der Waals surface area contributed by atoms with E-state index < -0.39 is 5.82 Å². The zero-order valence-corrected chi connectivity index (χ0v) is 12.1. The fraction of sp³-hybridized carbons (Fsp3) is 0.286. The van der Waals surface area contributed by atoms with E-state index in [0.29, 0.717) is 17.5 Å². The maximum Gasteiger partial charge on any atom is 0.224 e. The van der Waals surface area contributed by atoms with Gasteiger partial charge in [-0.15, -0.1) is 0 Å². The molecule has 0 spiro atoms. The van der Waals surface area contributed by atoms with E-state index in [1.54, 1.807) is 18.3 Å². The number of nitrogens with zero attached hydrogens (tertiary/aromatic N) is 2.